The Kier molecular flexibility index (Phi) is 6.05. The molecule has 114 valence electrons. The van der Waals surface area contributed by atoms with Crippen molar-refractivity contribution in [3.05, 3.63) is 78.4 Å². The van der Waals surface area contributed by atoms with Gasteiger partial charge in [-0.05, 0) is 23.3 Å². The summed E-state index contributed by atoms with van der Waals surface area (Å²) in [5.74, 6) is 0.773. The van der Waals surface area contributed by atoms with Gasteiger partial charge in [0.1, 0.15) is 19.0 Å². The molecule has 1 N–H and O–H groups in total. The molecule has 1 amide bonds. The monoisotopic (exact) mass is 297 g/mol. The predicted octanol–water partition coefficient (Wildman–Crippen LogP) is 3.68. The molecule has 0 saturated carbocycles. The third-order valence-electron chi connectivity index (χ3n) is 2.94. The fourth-order valence-electron chi connectivity index (χ4n) is 1.81. The Morgan fingerprint density at radius 3 is 2.45 bits per heavy atom. The molecule has 0 fully saturated rings. The fraction of sp³-hybridized carbons (Fsp3) is 0.167. The van der Waals surface area contributed by atoms with Crippen LogP contribution in [0.2, 0.25) is 0 Å². The Balaban J connectivity index is 1.72. The minimum absolute atomic E-state index is 0.265. The molecule has 0 bridgehead atoms. The highest BCUT2D eigenvalue weighted by atomic mass is 16.5. The van der Waals surface area contributed by atoms with Gasteiger partial charge in [0.05, 0.1) is 0 Å². The zero-order valence-electron chi connectivity index (χ0n) is 12.3. The minimum Gasteiger partial charge on any atom is -0.490 e. The van der Waals surface area contributed by atoms with Crippen LogP contribution in [0.3, 0.4) is 0 Å². The molecule has 4 nitrogen and oxygen atoms in total. The van der Waals surface area contributed by atoms with Gasteiger partial charge < -0.3 is 14.8 Å². The number of carbonyl (C=O) groups excluding carboxylic acids is 1. The van der Waals surface area contributed by atoms with E-state index in [0.29, 0.717) is 13.2 Å². The third-order valence-corrected chi connectivity index (χ3v) is 2.94. The second kappa shape index (κ2) is 8.52. The number of hydrogen-bond donors (Lipinski definition) is 1. The Hall–Kier alpha value is -2.75. The van der Waals surface area contributed by atoms with Crippen LogP contribution in [0.1, 0.15) is 11.1 Å². The average Bonchev–Trinajstić information content (AvgIpc) is 2.58. The fourth-order valence-corrected chi connectivity index (χ4v) is 1.81. The predicted molar refractivity (Wildman–Crippen MR) is 85.6 cm³/mol. The van der Waals surface area contributed by atoms with Gasteiger partial charge in [-0.2, -0.15) is 0 Å². The molecule has 0 aliphatic heterocycles. The summed E-state index contributed by atoms with van der Waals surface area (Å²) in [6.07, 6.45) is 1.26. The van der Waals surface area contributed by atoms with E-state index in [1.54, 1.807) is 6.08 Å². The van der Waals surface area contributed by atoms with Gasteiger partial charge in [-0.25, -0.2) is 4.79 Å². The molecule has 4 heteroatoms. The van der Waals surface area contributed by atoms with Gasteiger partial charge in [0.25, 0.3) is 0 Å². The Morgan fingerprint density at radius 2 is 1.77 bits per heavy atom. The number of benzene rings is 2. The number of amides is 1. The second-order valence-corrected chi connectivity index (χ2v) is 4.66. The van der Waals surface area contributed by atoms with Gasteiger partial charge in [-0.15, -0.1) is 0 Å². The maximum atomic E-state index is 11.6. The third kappa shape index (κ3) is 5.32. The summed E-state index contributed by atoms with van der Waals surface area (Å²) in [4.78, 5) is 11.6. The first kappa shape index (κ1) is 15.6. The number of alkyl carbamates (subject to hydrolysis) is 1. The lowest BCUT2D eigenvalue weighted by molar-refractivity contribution is 0.139. The quantitative estimate of drug-likeness (QED) is 0.793. The van der Waals surface area contributed by atoms with Crippen molar-refractivity contribution in [2.24, 2.45) is 0 Å². The lowest BCUT2D eigenvalue weighted by atomic mass is 10.2. The van der Waals surface area contributed by atoms with Crippen molar-refractivity contribution in [2.75, 3.05) is 6.61 Å². The SMILES string of the molecule is C=CCOc1ccc(CNC(=O)OCc2ccccc2)cc1. The lowest BCUT2D eigenvalue weighted by Crippen LogP contribution is -2.23. The maximum Gasteiger partial charge on any atom is 0.407 e. The van der Waals surface area contributed by atoms with E-state index in [2.05, 4.69) is 11.9 Å². The van der Waals surface area contributed by atoms with Crippen molar-refractivity contribution in [1.29, 1.82) is 0 Å². The normalized spacial score (nSPS) is 9.82. The molecule has 2 aromatic carbocycles. The van der Waals surface area contributed by atoms with Crippen molar-refractivity contribution < 1.29 is 14.3 Å². The molecule has 0 saturated heterocycles. The van der Waals surface area contributed by atoms with Gasteiger partial charge in [-0.3, -0.25) is 0 Å². The molecular weight excluding hydrogens is 278 g/mol. The van der Waals surface area contributed by atoms with Crippen LogP contribution in [0.15, 0.2) is 67.3 Å². The lowest BCUT2D eigenvalue weighted by Gasteiger charge is -2.08. The zero-order chi connectivity index (χ0) is 15.6. The summed E-state index contributed by atoms with van der Waals surface area (Å²) in [7, 11) is 0. The number of carbonyl (C=O) groups is 1. The van der Waals surface area contributed by atoms with Crippen LogP contribution in [-0.2, 0) is 17.9 Å². The first-order chi connectivity index (χ1) is 10.8. The number of rotatable bonds is 7. The van der Waals surface area contributed by atoms with E-state index >= 15 is 0 Å². The highest BCUT2D eigenvalue weighted by molar-refractivity contribution is 5.67. The van der Waals surface area contributed by atoms with E-state index in [-0.39, 0.29) is 6.61 Å². The van der Waals surface area contributed by atoms with Crippen molar-refractivity contribution in [3.63, 3.8) is 0 Å². The van der Waals surface area contributed by atoms with E-state index in [4.69, 9.17) is 9.47 Å². The molecule has 0 radical (unpaired) electrons. The molecule has 0 atom stereocenters. The van der Waals surface area contributed by atoms with Crippen molar-refractivity contribution in [2.45, 2.75) is 13.2 Å². The van der Waals surface area contributed by atoms with E-state index in [1.807, 2.05) is 54.6 Å². The summed E-state index contributed by atoms with van der Waals surface area (Å²) in [5.41, 5.74) is 1.93. The Morgan fingerprint density at radius 1 is 1.05 bits per heavy atom. The molecule has 0 heterocycles. The molecule has 2 rings (SSSR count). The summed E-state index contributed by atoms with van der Waals surface area (Å²) >= 11 is 0. The van der Waals surface area contributed by atoms with E-state index in [9.17, 15) is 4.79 Å². The summed E-state index contributed by atoms with van der Waals surface area (Å²) in [6.45, 7) is 4.75. The summed E-state index contributed by atoms with van der Waals surface area (Å²) in [6, 6.07) is 17.1. The van der Waals surface area contributed by atoms with Crippen molar-refractivity contribution in [3.8, 4) is 5.75 Å². The number of hydrogen-bond acceptors (Lipinski definition) is 3. The summed E-state index contributed by atoms with van der Waals surface area (Å²) < 4.78 is 10.5. The molecule has 2 aromatic rings. The molecular formula is C18H19NO3. The van der Waals surface area contributed by atoms with Crippen LogP contribution >= 0.6 is 0 Å². The Labute approximate surface area is 130 Å². The average molecular weight is 297 g/mol. The molecule has 0 aromatic heterocycles. The van der Waals surface area contributed by atoms with Crippen LogP contribution in [-0.4, -0.2) is 12.7 Å². The highest BCUT2D eigenvalue weighted by Crippen LogP contribution is 2.12. The Bertz CT molecular complexity index is 593. The van der Waals surface area contributed by atoms with Crippen LogP contribution in [0.5, 0.6) is 5.75 Å². The van der Waals surface area contributed by atoms with Gasteiger partial charge in [-0.1, -0.05) is 55.1 Å². The van der Waals surface area contributed by atoms with Gasteiger partial charge in [0, 0.05) is 6.54 Å². The van der Waals surface area contributed by atoms with Crippen LogP contribution in [0, 0.1) is 0 Å². The van der Waals surface area contributed by atoms with Crippen molar-refractivity contribution >= 4 is 6.09 Å². The van der Waals surface area contributed by atoms with Gasteiger partial charge in [0.2, 0.25) is 0 Å². The van der Waals surface area contributed by atoms with E-state index in [1.165, 1.54) is 0 Å². The van der Waals surface area contributed by atoms with Crippen LogP contribution in [0.4, 0.5) is 4.79 Å². The number of ether oxygens (including phenoxy) is 2. The standard InChI is InChI=1S/C18H19NO3/c1-2-12-21-17-10-8-15(9-11-17)13-19-18(20)22-14-16-6-4-3-5-7-16/h2-11H,1,12-14H2,(H,19,20). The molecule has 0 aliphatic carbocycles. The highest BCUT2D eigenvalue weighted by Gasteiger charge is 2.03. The van der Waals surface area contributed by atoms with E-state index in [0.717, 1.165) is 16.9 Å². The second-order valence-electron chi connectivity index (χ2n) is 4.66. The van der Waals surface area contributed by atoms with Crippen LogP contribution in [0.25, 0.3) is 0 Å². The molecule has 0 aliphatic rings. The molecule has 0 unspecified atom stereocenters. The largest absolute Gasteiger partial charge is 0.490 e. The van der Waals surface area contributed by atoms with Gasteiger partial charge in [0.15, 0.2) is 0 Å². The maximum absolute atomic E-state index is 11.6. The smallest absolute Gasteiger partial charge is 0.407 e. The number of nitrogens with one attached hydrogen (secondary N) is 1. The zero-order valence-corrected chi connectivity index (χ0v) is 12.3. The van der Waals surface area contributed by atoms with Crippen molar-refractivity contribution in [1.82, 2.24) is 5.32 Å². The van der Waals surface area contributed by atoms with Gasteiger partial charge >= 0.3 is 6.09 Å². The topological polar surface area (TPSA) is 47.6 Å². The van der Waals surface area contributed by atoms with E-state index < -0.39 is 6.09 Å². The van der Waals surface area contributed by atoms with Crippen LogP contribution < -0.4 is 10.1 Å². The molecule has 0 spiro atoms. The summed E-state index contributed by atoms with van der Waals surface area (Å²) in [5, 5.41) is 2.71. The first-order valence-corrected chi connectivity index (χ1v) is 7.05. The molecule has 22 heavy (non-hydrogen) atoms. The minimum atomic E-state index is -0.434. The first-order valence-electron chi connectivity index (χ1n) is 7.05.